The lowest BCUT2D eigenvalue weighted by atomic mass is 9.82. The molecule has 4 heterocycles. The van der Waals surface area contributed by atoms with Gasteiger partial charge in [-0.1, -0.05) is 11.6 Å². The molecule has 6 rings (SSSR count). The molecule has 0 spiro atoms. The van der Waals surface area contributed by atoms with Crippen molar-refractivity contribution in [3.05, 3.63) is 49.9 Å². The van der Waals surface area contributed by atoms with Crippen molar-refractivity contribution < 1.29 is 19.0 Å². The van der Waals surface area contributed by atoms with Gasteiger partial charge in [0.1, 0.15) is 12.7 Å². The van der Waals surface area contributed by atoms with E-state index >= 15 is 0 Å². The first-order valence-corrected chi connectivity index (χ1v) is 15.9. The normalized spacial score (nSPS) is 27.9. The third kappa shape index (κ3) is 5.38. The van der Waals surface area contributed by atoms with E-state index in [9.17, 15) is 9.59 Å². The van der Waals surface area contributed by atoms with E-state index in [1.165, 1.54) is 37.7 Å². The van der Waals surface area contributed by atoms with E-state index in [0.717, 1.165) is 36.6 Å². The number of hydrogen-bond acceptors (Lipinski definition) is 7. The molecule has 3 fully saturated rings. The first-order valence-electron chi connectivity index (χ1n) is 14.3. The second-order valence-electron chi connectivity index (χ2n) is 11.7. The van der Waals surface area contributed by atoms with Crippen molar-refractivity contribution in [2.24, 2.45) is 17.8 Å². The van der Waals surface area contributed by atoms with Gasteiger partial charge in [-0.3, -0.25) is 14.5 Å². The molecule has 216 valence electrons. The summed E-state index contributed by atoms with van der Waals surface area (Å²) in [6.07, 6.45) is 6.41. The van der Waals surface area contributed by atoms with Gasteiger partial charge in [0.05, 0.1) is 18.2 Å². The van der Waals surface area contributed by atoms with Gasteiger partial charge in [0, 0.05) is 64.8 Å². The van der Waals surface area contributed by atoms with Gasteiger partial charge in [-0.25, -0.2) is 0 Å². The maximum Gasteiger partial charge on any atom is 0.254 e. The molecule has 10 heteroatoms. The molecule has 3 atom stereocenters. The minimum atomic E-state index is -0.304. The number of fused-ring (bicyclic) bond motifs is 2. The van der Waals surface area contributed by atoms with E-state index in [0.29, 0.717) is 63.6 Å². The molecular weight excluding hydrogens is 550 g/mol. The fourth-order valence-corrected chi connectivity index (χ4v) is 7.91. The van der Waals surface area contributed by atoms with Crippen LogP contribution in [0.5, 0.6) is 11.5 Å². The van der Waals surface area contributed by atoms with Crippen molar-refractivity contribution in [2.75, 3.05) is 39.2 Å². The molecule has 1 aliphatic carbocycles. The molecule has 3 aliphatic heterocycles. The highest BCUT2D eigenvalue weighted by molar-refractivity contribution is 7.98. The van der Waals surface area contributed by atoms with E-state index in [2.05, 4.69) is 15.2 Å². The Morgan fingerprint density at radius 1 is 1.07 bits per heavy atom. The van der Waals surface area contributed by atoms with Crippen LogP contribution in [0.1, 0.15) is 52.9 Å². The summed E-state index contributed by atoms with van der Waals surface area (Å²) in [5.74, 6) is 2.60. The van der Waals surface area contributed by atoms with Crippen molar-refractivity contribution in [3.8, 4) is 11.5 Å². The number of amides is 1. The number of halogens is 1. The Hall–Kier alpha value is -2.20. The number of rotatable bonds is 6. The van der Waals surface area contributed by atoms with Gasteiger partial charge >= 0.3 is 0 Å². The fraction of sp³-hybridized carbons (Fsp3) is 0.600. The third-order valence-electron chi connectivity index (χ3n) is 9.27. The lowest BCUT2D eigenvalue weighted by molar-refractivity contribution is 0.0199. The monoisotopic (exact) mass is 587 g/mol. The molecule has 2 unspecified atom stereocenters. The average Bonchev–Trinajstić information content (AvgIpc) is 3.57. The highest BCUT2D eigenvalue weighted by atomic mass is 35.5. The summed E-state index contributed by atoms with van der Waals surface area (Å²) in [5, 5.41) is 3.26. The molecule has 40 heavy (non-hydrogen) atoms. The average molecular weight is 588 g/mol. The number of aromatic nitrogens is 1. The lowest BCUT2D eigenvalue weighted by Crippen LogP contribution is -2.43. The standard InChI is InChI=1S/C30H38ClN3O5S/c1-16-8-26(40-3)23(30(36)33-16)10-32-29(35)22-9-24(31)28-27(17(22)2)39-25(15-38-28)18-4-6-21(7-5-18)34-11-19-13-37-14-20(19)12-34/h8-9,18-21,25H,4-7,10-15H2,1-3H3,(H,32,35)(H,33,36)/t18?,19?,20?,21?,25-/m1/s1. The minimum absolute atomic E-state index is 0.0665. The Morgan fingerprint density at radius 2 is 1.80 bits per heavy atom. The summed E-state index contributed by atoms with van der Waals surface area (Å²) in [6, 6.07) is 4.20. The van der Waals surface area contributed by atoms with Crippen LogP contribution in [0.2, 0.25) is 5.02 Å². The maximum atomic E-state index is 13.3. The van der Waals surface area contributed by atoms with E-state index in [1.807, 2.05) is 26.2 Å². The summed E-state index contributed by atoms with van der Waals surface area (Å²) in [4.78, 5) is 32.2. The number of thioether (sulfide) groups is 1. The van der Waals surface area contributed by atoms with E-state index in [4.69, 9.17) is 25.8 Å². The zero-order chi connectivity index (χ0) is 28.0. The Kier molecular flexibility index (Phi) is 8.09. The van der Waals surface area contributed by atoms with Crippen molar-refractivity contribution in [2.45, 2.75) is 63.1 Å². The number of likely N-dealkylation sites (tertiary alicyclic amines) is 1. The zero-order valence-corrected chi connectivity index (χ0v) is 25.0. The molecule has 0 radical (unpaired) electrons. The first kappa shape index (κ1) is 27.9. The van der Waals surface area contributed by atoms with Gasteiger partial charge in [0.25, 0.3) is 11.5 Å². The minimum Gasteiger partial charge on any atom is -0.484 e. The van der Waals surface area contributed by atoms with Crippen LogP contribution in [0.15, 0.2) is 21.8 Å². The van der Waals surface area contributed by atoms with E-state index < -0.39 is 0 Å². The van der Waals surface area contributed by atoms with Gasteiger partial charge in [-0.2, -0.15) is 0 Å². The molecule has 1 aromatic carbocycles. The maximum absolute atomic E-state index is 13.3. The van der Waals surface area contributed by atoms with Gasteiger partial charge < -0.3 is 24.5 Å². The topological polar surface area (TPSA) is 92.9 Å². The van der Waals surface area contributed by atoms with Crippen LogP contribution >= 0.6 is 23.4 Å². The number of H-pyrrole nitrogens is 1. The number of hydrogen-bond donors (Lipinski definition) is 2. The predicted molar refractivity (Wildman–Crippen MR) is 156 cm³/mol. The van der Waals surface area contributed by atoms with Crippen LogP contribution < -0.4 is 20.3 Å². The number of nitrogens with one attached hydrogen (secondary N) is 2. The quantitative estimate of drug-likeness (QED) is 0.478. The van der Waals surface area contributed by atoms with Gasteiger partial charge in [0.15, 0.2) is 11.5 Å². The molecule has 1 saturated carbocycles. The molecule has 2 aromatic rings. The van der Waals surface area contributed by atoms with Crippen LogP contribution in [-0.4, -0.2) is 67.1 Å². The van der Waals surface area contributed by atoms with E-state index in [1.54, 1.807) is 6.07 Å². The zero-order valence-electron chi connectivity index (χ0n) is 23.4. The molecule has 1 amide bonds. The van der Waals surface area contributed by atoms with Gasteiger partial charge in [-0.05, 0) is 63.8 Å². The Bertz CT molecular complexity index is 1330. The molecule has 0 bridgehead atoms. The van der Waals surface area contributed by atoms with Crippen LogP contribution in [0.25, 0.3) is 0 Å². The number of aryl methyl sites for hydroxylation is 1. The highest BCUT2D eigenvalue weighted by Crippen LogP contribution is 2.45. The smallest absolute Gasteiger partial charge is 0.254 e. The molecule has 2 saturated heterocycles. The summed E-state index contributed by atoms with van der Waals surface area (Å²) in [7, 11) is 0. The number of pyridine rings is 1. The van der Waals surface area contributed by atoms with Crippen molar-refractivity contribution in [1.29, 1.82) is 0 Å². The second-order valence-corrected chi connectivity index (χ2v) is 13.0. The second kappa shape index (κ2) is 11.6. The first-order chi connectivity index (χ1) is 19.3. The molecular formula is C30H38ClN3O5S. The fourth-order valence-electron chi connectivity index (χ4n) is 6.96. The van der Waals surface area contributed by atoms with Gasteiger partial charge in [0.2, 0.25) is 0 Å². The number of aromatic amines is 1. The van der Waals surface area contributed by atoms with Crippen molar-refractivity contribution >= 4 is 29.3 Å². The summed E-state index contributed by atoms with van der Waals surface area (Å²) in [6.45, 7) is 8.50. The van der Waals surface area contributed by atoms with Crippen LogP contribution in [0, 0.1) is 31.6 Å². The third-order valence-corrected chi connectivity index (χ3v) is 10.4. The molecule has 8 nitrogen and oxygen atoms in total. The van der Waals surface area contributed by atoms with Gasteiger partial charge in [-0.15, -0.1) is 11.8 Å². The number of carbonyl (C=O) groups excluding carboxylic acids is 1. The van der Waals surface area contributed by atoms with Crippen LogP contribution in [0.3, 0.4) is 0 Å². The van der Waals surface area contributed by atoms with E-state index in [-0.39, 0.29) is 24.1 Å². The van der Waals surface area contributed by atoms with Crippen LogP contribution in [0.4, 0.5) is 0 Å². The predicted octanol–water partition coefficient (Wildman–Crippen LogP) is 4.57. The van der Waals surface area contributed by atoms with Crippen molar-refractivity contribution in [1.82, 2.24) is 15.2 Å². The van der Waals surface area contributed by atoms with Crippen molar-refractivity contribution in [3.63, 3.8) is 0 Å². The SMILES string of the molecule is CSc1cc(C)[nH]c(=O)c1CNC(=O)c1cc(Cl)c2c(c1C)O[C@@H](C1CCC(N3CC4COCC4C3)CC1)CO2. The number of carbonyl (C=O) groups is 1. The van der Waals surface area contributed by atoms with Crippen LogP contribution in [-0.2, 0) is 11.3 Å². The summed E-state index contributed by atoms with van der Waals surface area (Å²) < 4.78 is 18.3. The Balaban J connectivity index is 1.11. The molecule has 4 aliphatic rings. The number of nitrogens with zero attached hydrogens (tertiary/aromatic N) is 1. The molecule has 2 N–H and O–H groups in total. The summed E-state index contributed by atoms with van der Waals surface area (Å²) in [5.41, 5.74) is 2.25. The molecule has 1 aromatic heterocycles. The Labute approximate surface area is 244 Å². The lowest BCUT2D eigenvalue weighted by Gasteiger charge is -2.39. The highest BCUT2D eigenvalue weighted by Gasteiger charge is 2.42. The largest absolute Gasteiger partial charge is 0.484 e. The Morgan fingerprint density at radius 3 is 2.50 bits per heavy atom. The number of benzene rings is 1. The number of ether oxygens (including phenoxy) is 3. The summed E-state index contributed by atoms with van der Waals surface area (Å²) >= 11 is 8.06.